The normalized spacial score (nSPS) is 16.5. The lowest BCUT2D eigenvalue weighted by Gasteiger charge is -2.14. The van der Waals surface area contributed by atoms with Gasteiger partial charge >= 0.3 is 5.97 Å². The fraction of sp³-hybridized carbons (Fsp3) is 0.583. The van der Waals surface area contributed by atoms with E-state index in [1.165, 1.54) is 32.2 Å². The van der Waals surface area contributed by atoms with Crippen LogP contribution in [0.4, 0.5) is 0 Å². The van der Waals surface area contributed by atoms with Crippen molar-refractivity contribution < 1.29 is 14.3 Å². The van der Waals surface area contributed by atoms with Crippen molar-refractivity contribution in [2.75, 3.05) is 26.2 Å². The molecular formula is C12H18N2O3. The molecule has 1 saturated heterocycles. The number of rotatable bonds is 6. The predicted octanol–water partition coefficient (Wildman–Crippen LogP) is 1.16. The third-order valence-electron chi connectivity index (χ3n) is 3.00. The fourth-order valence-corrected chi connectivity index (χ4v) is 2.04. The molecule has 94 valence electrons. The average Bonchev–Trinajstić information content (AvgIpc) is 2.96. The molecule has 2 heterocycles. The molecular weight excluding hydrogens is 220 g/mol. The van der Waals surface area contributed by atoms with Crippen LogP contribution in [-0.2, 0) is 6.54 Å². The number of hydrogen-bond donors (Lipinski definition) is 2. The Hall–Kier alpha value is -1.33. The van der Waals surface area contributed by atoms with Crippen LogP contribution in [0.3, 0.4) is 0 Å². The van der Waals surface area contributed by atoms with E-state index in [2.05, 4.69) is 10.2 Å². The van der Waals surface area contributed by atoms with E-state index in [-0.39, 0.29) is 5.56 Å². The lowest BCUT2D eigenvalue weighted by Crippen LogP contribution is -2.29. The summed E-state index contributed by atoms with van der Waals surface area (Å²) in [7, 11) is 0. The molecule has 1 aliphatic rings. The second-order valence-electron chi connectivity index (χ2n) is 4.33. The zero-order valence-electron chi connectivity index (χ0n) is 9.82. The van der Waals surface area contributed by atoms with Crippen molar-refractivity contribution >= 4 is 5.97 Å². The van der Waals surface area contributed by atoms with E-state index < -0.39 is 5.97 Å². The highest BCUT2D eigenvalue weighted by Crippen LogP contribution is 2.08. The molecule has 1 aromatic heterocycles. The molecule has 2 rings (SSSR count). The Morgan fingerprint density at radius 3 is 2.88 bits per heavy atom. The molecule has 0 unspecified atom stereocenters. The smallest absolute Gasteiger partial charge is 0.338 e. The van der Waals surface area contributed by atoms with Gasteiger partial charge in [-0.2, -0.15) is 0 Å². The average molecular weight is 238 g/mol. The highest BCUT2D eigenvalue weighted by molar-refractivity contribution is 5.87. The summed E-state index contributed by atoms with van der Waals surface area (Å²) in [5, 5.41) is 12.0. The van der Waals surface area contributed by atoms with Crippen molar-refractivity contribution in [1.29, 1.82) is 0 Å². The fourth-order valence-electron chi connectivity index (χ4n) is 2.04. The lowest BCUT2D eigenvalue weighted by atomic mass is 10.3. The topological polar surface area (TPSA) is 65.7 Å². The van der Waals surface area contributed by atoms with Gasteiger partial charge < -0.3 is 19.7 Å². The molecule has 1 fully saturated rings. The maximum absolute atomic E-state index is 10.6. The number of nitrogens with zero attached hydrogens (tertiary/aromatic N) is 1. The van der Waals surface area contributed by atoms with Gasteiger partial charge in [0.05, 0.1) is 12.1 Å². The molecule has 0 aliphatic carbocycles. The molecule has 0 bridgehead atoms. The maximum Gasteiger partial charge on any atom is 0.338 e. The number of hydrogen-bond acceptors (Lipinski definition) is 4. The van der Waals surface area contributed by atoms with Crippen molar-refractivity contribution in [3.63, 3.8) is 0 Å². The van der Waals surface area contributed by atoms with Crippen LogP contribution in [0, 0.1) is 0 Å². The van der Waals surface area contributed by atoms with Gasteiger partial charge in [0, 0.05) is 13.1 Å². The SMILES string of the molecule is O=C(O)c1coc(CNCCN2CCCC2)c1. The number of nitrogens with one attached hydrogen (secondary N) is 1. The van der Waals surface area contributed by atoms with Crippen molar-refractivity contribution in [3.8, 4) is 0 Å². The van der Waals surface area contributed by atoms with Gasteiger partial charge in [-0.05, 0) is 32.0 Å². The summed E-state index contributed by atoms with van der Waals surface area (Å²) in [6.07, 6.45) is 3.89. The molecule has 0 saturated carbocycles. The van der Waals surface area contributed by atoms with Crippen LogP contribution in [-0.4, -0.2) is 42.2 Å². The van der Waals surface area contributed by atoms with Gasteiger partial charge in [-0.25, -0.2) is 4.79 Å². The minimum Gasteiger partial charge on any atom is -0.478 e. The summed E-state index contributed by atoms with van der Waals surface area (Å²) >= 11 is 0. The molecule has 5 heteroatoms. The molecule has 0 radical (unpaired) electrons. The molecule has 5 nitrogen and oxygen atoms in total. The van der Waals surface area contributed by atoms with Gasteiger partial charge in [0.2, 0.25) is 0 Å². The predicted molar refractivity (Wildman–Crippen MR) is 63.0 cm³/mol. The lowest BCUT2D eigenvalue weighted by molar-refractivity contribution is 0.0696. The maximum atomic E-state index is 10.6. The minimum atomic E-state index is -0.947. The van der Waals surface area contributed by atoms with Gasteiger partial charge in [0.1, 0.15) is 12.0 Å². The standard InChI is InChI=1S/C12H18N2O3/c15-12(16)10-7-11(17-9-10)8-13-3-6-14-4-1-2-5-14/h7,9,13H,1-6,8H2,(H,15,16). The third kappa shape index (κ3) is 3.57. The Morgan fingerprint density at radius 2 is 2.24 bits per heavy atom. The van der Waals surface area contributed by atoms with Gasteiger partial charge in [0.25, 0.3) is 0 Å². The van der Waals surface area contributed by atoms with Crippen LogP contribution >= 0.6 is 0 Å². The Bertz CT molecular complexity index is 370. The Morgan fingerprint density at radius 1 is 1.47 bits per heavy atom. The van der Waals surface area contributed by atoms with Crippen LogP contribution < -0.4 is 5.32 Å². The molecule has 0 aromatic carbocycles. The van der Waals surface area contributed by atoms with Gasteiger partial charge in [-0.1, -0.05) is 0 Å². The zero-order valence-corrected chi connectivity index (χ0v) is 9.82. The molecule has 1 aromatic rings. The largest absolute Gasteiger partial charge is 0.478 e. The van der Waals surface area contributed by atoms with Crippen LogP contribution in [0.5, 0.6) is 0 Å². The molecule has 2 N–H and O–H groups in total. The highest BCUT2D eigenvalue weighted by Gasteiger charge is 2.11. The second-order valence-corrected chi connectivity index (χ2v) is 4.33. The van der Waals surface area contributed by atoms with Crippen LogP contribution in [0.25, 0.3) is 0 Å². The molecule has 0 atom stereocenters. The van der Waals surface area contributed by atoms with Crippen LogP contribution in [0.2, 0.25) is 0 Å². The number of carboxylic acid groups (broad SMARTS) is 1. The highest BCUT2D eigenvalue weighted by atomic mass is 16.4. The third-order valence-corrected chi connectivity index (χ3v) is 3.00. The molecule has 17 heavy (non-hydrogen) atoms. The molecule has 1 aliphatic heterocycles. The Kier molecular flexibility index (Phi) is 4.17. The monoisotopic (exact) mass is 238 g/mol. The van der Waals surface area contributed by atoms with E-state index in [1.807, 2.05) is 0 Å². The molecule has 0 amide bonds. The Balaban J connectivity index is 1.65. The van der Waals surface area contributed by atoms with E-state index >= 15 is 0 Å². The summed E-state index contributed by atoms with van der Waals surface area (Å²) in [5.41, 5.74) is 0.210. The first kappa shape index (κ1) is 12.1. The van der Waals surface area contributed by atoms with Crippen LogP contribution in [0.15, 0.2) is 16.7 Å². The van der Waals surface area contributed by atoms with Crippen LogP contribution in [0.1, 0.15) is 29.0 Å². The quantitative estimate of drug-likeness (QED) is 0.728. The second kappa shape index (κ2) is 5.84. The first-order chi connectivity index (χ1) is 8.25. The summed E-state index contributed by atoms with van der Waals surface area (Å²) in [6.45, 7) is 4.94. The summed E-state index contributed by atoms with van der Waals surface area (Å²) < 4.78 is 5.14. The zero-order chi connectivity index (χ0) is 12.1. The number of furan rings is 1. The number of carboxylic acids is 1. The van der Waals surface area contributed by atoms with E-state index in [0.29, 0.717) is 12.3 Å². The van der Waals surface area contributed by atoms with E-state index in [1.54, 1.807) is 6.07 Å². The van der Waals surface area contributed by atoms with E-state index in [0.717, 1.165) is 13.1 Å². The van der Waals surface area contributed by atoms with E-state index in [9.17, 15) is 4.79 Å². The summed E-state index contributed by atoms with van der Waals surface area (Å²) in [6, 6.07) is 1.56. The van der Waals surface area contributed by atoms with Crippen molar-refractivity contribution in [2.45, 2.75) is 19.4 Å². The first-order valence-electron chi connectivity index (χ1n) is 5.99. The van der Waals surface area contributed by atoms with Gasteiger partial charge in [-0.15, -0.1) is 0 Å². The van der Waals surface area contributed by atoms with Gasteiger partial charge in [-0.3, -0.25) is 0 Å². The van der Waals surface area contributed by atoms with Crippen molar-refractivity contribution in [1.82, 2.24) is 10.2 Å². The van der Waals surface area contributed by atoms with Gasteiger partial charge in [0.15, 0.2) is 0 Å². The number of likely N-dealkylation sites (tertiary alicyclic amines) is 1. The Labute approximate surface area is 100 Å². The molecule has 0 spiro atoms. The van der Waals surface area contributed by atoms with E-state index in [4.69, 9.17) is 9.52 Å². The minimum absolute atomic E-state index is 0.210. The first-order valence-corrected chi connectivity index (χ1v) is 5.99. The number of aromatic carboxylic acids is 1. The van der Waals surface area contributed by atoms with Crippen molar-refractivity contribution in [3.05, 3.63) is 23.7 Å². The summed E-state index contributed by atoms with van der Waals surface area (Å²) in [4.78, 5) is 13.1. The summed E-state index contributed by atoms with van der Waals surface area (Å²) in [5.74, 6) is -0.277. The van der Waals surface area contributed by atoms with Crippen molar-refractivity contribution in [2.24, 2.45) is 0 Å². The number of carbonyl (C=O) groups is 1.